The number of pyridine rings is 1. The van der Waals surface area contributed by atoms with E-state index in [9.17, 15) is 0 Å². The van der Waals surface area contributed by atoms with Gasteiger partial charge in [-0.1, -0.05) is 36.0 Å². The van der Waals surface area contributed by atoms with Crippen LogP contribution in [0.5, 0.6) is 0 Å². The first-order chi connectivity index (χ1) is 8.34. The van der Waals surface area contributed by atoms with Gasteiger partial charge in [-0.2, -0.15) is 0 Å². The highest BCUT2D eigenvalue weighted by Gasteiger charge is 2.09. The molecule has 0 radical (unpaired) electrons. The van der Waals surface area contributed by atoms with Gasteiger partial charge in [0.05, 0.1) is 0 Å². The average Bonchev–Trinajstić information content (AvgIpc) is 2.68. The minimum atomic E-state index is 1.03. The third-order valence-corrected chi connectivity index (χ3v) is 3.86. The summed E-state index contributed by atoms with van der Waals surface area (Å²) in [5.41, 5.74) is 2.38. The zero-order valence-corrected chi connectivity index (χ0v) is 10.3. The molecule has 0 saturated carbocycles. The molecule has 17 heavy (non-hydrogen) atoms. The summed E-state index contributed by atoms with van der Waals surface area (Å²) in [6.07, 6.45) is 1.83. The van der Waals surface area contributed by atoms with E-state index in [0.29, 0.717) is 0 Å². The molecule has 0 fully saturated rings. The van der Waals surface area contributed by atoms with E-state index in [0.717, 1.165) is 5.03 Å². The highest BCUT2D eigenvalue weighted by Crippen LogP contribution is 2.35. The highest BCUT2D eigenvalue weighted by molar-refractivity contribution is 7.99. The summed E-state index contributed by atoms with van der Waals surface area (Å²) < 4.78 is 0. The van der Waals surface area contributed by atoms with Crippen LogP contribution in [0.25, 0.3) is 10.9 Å². The van der Waals surface area contributed by atoms with Crippen LogP contribution in [0.1, 0.15) is 5.69 Å². The minimum Gasteiger partial charge on any atom is -0.358 e. The van der Waals surface area contributed by atoms with Gasteiger partial charge in [0, 0.05) is 27.7 Å². The summed E-state index contributed by atoms with van der Waals surface area (Å²) in [4.78, 5) is 9.01. The maximum atomic E-state index is 4.35. The Bertz CT molecular complexity index is 644. The SMILES string of the molecule is Cc1[nH]c2ccccc2c1Sc1ccccn1. The van der Waals surface area contributed by atoms with Crippen molar-refractivity contribution < 1.29 is 0 Å². The molecule has 2 aromatic heterocycles. The third kappa shape index (κ3) is 1.94. The Balaban J connectivity index is 2.08. The fourth-order valence-electron chi connectivity index (χ4n) is 1.89. The largest absolute Gasteiger partial charge is 0.358 e. The van der Waals surface area contributed by atoms with Gasteiger partial charge in [0.15, 0.2) is 0 Å². The van der Waals surface area contributed by atoms with E-state index < -0.39 is 0 Å². The van der Waals surface area contributed by atoms with Crippen molar-refractivity contribution in [2.45, 2.75) is 16.8 Å². The second-order valence-corrected chi connectivity index (χ2v) is 4.93. The third-order valence-electron chi connectivity index (χ3n) is 2.68. The van der Waals surface area contributed by atoms with Crippen LogP contribution in [0.15, 0.2) is 58.6 Å². The molecule has 0 spiro atoms. The summed E-state index contributed by atoms with van der Waals surface area (Å²) in [6, 6.07) is 14.3. The van der Waals surface area contributed by atoms with Crippen LogP contribution >= 0.6 is 11.8 Å². The minimum absolute atomic E-state index is 1.03. The number of hydrogen-bond acceptors (Lipinski definition) is 2. The topological polar surface area (TPSA) is 28.7 Å². The van der Waals surface area contributed by atoms with Crippen molar-refractivity contribution in [3.05, 3.63) is 54.4 Å². The van der Waals surface area contributed by atoms with Crippen molar-refractivity contribution >= 4 is 22.7 Å². The second kappa shape index (κ2) is 4.26. The standard InChI is InChI=1S/C14H12N2S/c1-10-14(17-13-8-4-5-9-15-13)11-6-2-3-7-12(11)16-10/h2-9,16H,1H3. The molecule has 3 heteroatoms. The number of nitrogens with one attached hydrogen (secondary N) is 1. The molecule has 0 aliphatic carbocycles. The Morgan fingerprint density at radius 2 is 1.88 bits per heavy atom. The number of aromatic amines is 1. The molecule has 3 aromatic rings. The Hall–Kier alpha value is -1.74. The number of H-pyrrole nitrogens is 1. The zero-order chi connectivity index (χ0) is 11.7. The molecule has 3 rings (SSSR count). The van der Waals surface area contributed by atoms with Gasteiger partial charge >= 0.3 is 0 Å². The molecule has 2 heterocycles. The van der Waals surface area contributed by atoms with E-state index in [1.54, 1.807) is 11.8 Å². The molecule has 1 aromatic carbocycles. The Morgan fingerprint density at radius 1 is 1.06 bits per heavy atom. The molecule has 0 saturated heterocycles. The van der Waals surface area contributed by atoms with Crippen LogP contribution in [0.3, 0.4) is 0 Å². The molecule has 0 atom stereocenters. The van der Waals surface area contributed by atoms with Gasteiger partial charge in [0.2, 0.25) is 0 Å². The number of aryl methyl sites for hydroxylation is 1. The smallest absolute Gasteiger partial charge is 0.101 e. The molecular formula is C14H12N2S. The lowest BCUT2D eigenvalue weighted by Gasteiger charge is -2.00. The predicted octanol–water partition coefficient (Wildman–Crippen LogP) is 4.02. The molecule has 0 amide bonds. The first-order valence-corrected chi connectivity index (χ1v) is 6.32. The molecule has 0 bridgehead atoms. The normalized spacial score (nSPS) is 10.9. The van der Waals surface area contributed by atoms with Crippen LogP contribution in [-0.2, 0) is 0 Å². The van der Waals surface area contributed by atoms with Gasteiger partial charge < -0.3 is 4.98 Å². The Labute approximate surface area is 104 Å². The van der Waals surface area contributed by atoms with E-state index in [1.807, 2.05) is 30.5 Å². The molecular weight excluding hydrogens is 228 g/mol. The van der Waals surface area contributed by atoms with Crippen LogP contribution in [0, 0.1) is 6.92 Å². The van der Waals surface area contributed by atoms with Gasteiger partial charge in [0.1, 0.15) is 5.03 Å². The maximum absolute atomic E-state index is 4.35. The molecule has 1 N–H and O–H groups in total. The average molecular weight is 240 g/mol. The number of rotatable bonds is 2. The first-order valence-electron chi connectivity index (χ1n) is 5.51. The van der Waals surface area contributed by atoms with Gasteiger partial charge in [-0.15, -0.1) is 0 Å². The van der Waals surface area contributed by atoms with E-state index in [4.69, 9.17) is 0 Å². The molecule has 2 nitrogen and oxygen atoms in total. The number of benzene rings is 1. The lowest BCUT2D eigenvalue weighted by atomic mass is 10.2. The van der Waals surface area contributed by atoms with Crippen molar-refractivity contribution in [3.63, 3.8) is 0 Å². The lowest BCUT2D eigenvalue weighted by molar-refractivity contribution is 1.13. The summed E-state index contributed by atoms with van der Waals surface area (Å²) in [6.45, 7) is 2.10. The fraction of sp³-hybridized carbons (Fsp3) is 0.0714. The fourth-order valence-corrected chi connectivity index (χ4v) is 2.86. The number of para-hydroxylation sites is 1. The van der Waals surface area contributed by atoms with E-state index in [2.05, 4.69) is 35.1 Å². The summed E-state index contributed by atoms with van der Waals surface area (Å²) in [5, 5.41) is 2.29. The number of hydrogen-bond donors (Lipinski definition) is 1. The highest BCUT2D eigenvalue weighted by atomic mass is 32.2. The number of nitrogens with zero attached hydrogens (tertiary/aromatic N) is 1. The van der Waals surface area contributed by atoms with Crippen molar-refractivity contribution in [1.29, 1.82) is 0 Å². The Kier molecular flexibility index (Phi) is 2.61. The lowest BCUT2D eigenvalue weighted by Crippen LogP contribution is -1.78. The summed E-state index contributed by atoms with van der Waals surface area (Å²) >= 11 is 1.71. The number of fused-ring (bicyclic) bond motifs is 1. The van der Waals surface area contributed by atoms with Gasteiger partial charge in [-0.3, -0.25) is 0 Å². The van der Waals surface area contributed by atoms with E-state index >= 15 is 0 Å². The van der Waals surface area contributed by atoms with E-state index in [1.165, 1.54) is 21.5 Å². The second-order valence-electron chi connectivity index (χ2n) is 3.89. The van der Waals surface area contributed by atoms with Crippen molar-refractivity contribution in [2.75, 3.05) is 0 Å². The van der Waals surface area contributed by atoms with Crippen LogP contribution in [0.2, 0.25) is 0 Å². The molecule has 0 aliphatic heterocycles. The monoisotopic (exact) mass is 240 g/mol. The van der Waals surface area contributed by atoms with Gasteiger partial charge in [0.25, 0.3) is 0 Å². The Morgan fingerprint density at radius 3 is 2.71 bits per heavy atom. The van der Waals surface area contributed by atoms with Gasteiger partial charge in [-0.05, 0) is 25.1 Å². The van der Waals surface area contributed by atoms with Crippen molar-refractivity contribution in [2.24, 2.45) is 0 Å². The quantitative estimate of drug-likeness (QED) is 0.732. The first kappa shape index (κ1) is 10.4. The van der Waals surface area contributed by atoms with Crippen molar-refractivity contribution in [3.8, 4) is 0 Å². The summed E-state index contributed by atoms with van der Waals surface area (Å²) in [7, 11) is 0. The van der Waals surface area contributed by atoms with E-state index in [-0.39, 0.29) is 0 Å². The van der Waals surface area contributed by atoms with Crippen LogP contribution < -0.4 is 0 Å². The summed E-state index contributed by atoms with van der Waals surface area (Å²) in [5.74, 6) is 0. The zero-order valence-electron chi connectivity index (χ0n) is 9.47. The molecule has 0 aliphatic rings. The molecule has 0 unspecified atom stereocenters. The van der Waals surface area contributed by atoms with Crippen molar-refractivity contribution in [1.82, 2.24) is 9.97 Å². The van der Waals surface area contributed by atoms with Crippen LogP contribution in [0.4, 0.5) is 0 Å². The van der Waals surface area contributed by atoms with Crippen LogP contribution in [-0.4, -0.2) is 9.97 Å². The molecule has 84 valence electrons. The maximum Gasteiger partial charge on any atom is 0.101 e. The predicted molar refractivity (Wildman–Crippen MR) is 71.4 cm³/mol. The number of aromatic nitrogens is 2. The van der Waals surface area contributed by atoms with Gasteiger partial charge in [-0.25, -0.2) is 4.98 Å².